The second-order valence-electron chi connectivity index (χ2n) is 8.67. The summed E-state index contributed by atoms with van der Waals surface area (Å²) in [4.78, 5) is 43.0. The van der Waals surface area contributed by atoms with E-state index in [9.17, 15) is 14.4 Å². The molecule has 6 heteroatoms. The minimum absolute atomic E-state index is 0.0347. The topological polar surface area (TPSA) is 69.7 Å². The van der Waals surface area contributed by atoms with E-state index in [4.69, 9.17) is 0 Å². The van der Waals surface area contributed by atoms with Gasteiger partial charge in [0.15, 0.2) is 0 Å². The van der Waals surface area contributed by atoms with Gasteiger partial charge in [0.1, 0.15) is 12.6 Å². The Balaban J connectivity index is 1.65. The van der Waals surface area contributed by atoms with Crippen LogP contribution < -0.4 is 10.2 Å². The average molecular weight is 444 g/mol. The van der Waals surface area contributed by atoms with Gasteiger partial charge in [-0.2, -0.15) is 0 Å². The van der Waals surface area contributed by atoms with Crippen LogP contribution in [0.1, 0.15) is 43.1 Å². The molecule has 3 aromatic rings. The molecular formula is C27H29N3O3. The summed E-state index contributed by atoms with van der Waals surface area (Å²) in [6, 6.07) is 20.3. The summed E-state index contributed by atoms with van der Waals surface area (Å²) in [7, 11) is 0. The highest BCUT2D eigenvalue weighted by Crippen LogP contribution is 2.37. The number of hydrogen-bond acceptors (Lipinski definition) is 3. The van der Waals surface area contributed by atoms with Crippen molar-refractivity contribution in [1.82, 2.24) is 10.2 Å². The first-order chi connectivity index (χ1) is 15.9. The summed E-state index contributed by atoms with van der Waals surface area (Å²) in [5.41, 5.74) is 2.27. The fourth-order valence-electron chi connectivity index (χ4n) is 4.44. The Kier molecular flexibility index (Phi) is 6.45. The molecule has 0 fully saturated rings. The van der Waals surface area contributed by atoms with Gasteiger partial charge in [-0.3, -0.25) is 19.3 Å². The minimum atomic E-state index is -0.629. The zero-order valence-corrected chi connectivity index (χ0v) is 19.2. The maximum absolute atomic E-state index is 13.7. The fraction of sp³-hybridized carbons (Fsp3) is 0.296. The molecule has 0 aromatic heterocycles. The number of rotatable bonds is 8. The van der Waals surface area contributed by atoms with Crippen molar-refractivity contribution in [3.05, 3.63) is 77.9 Å². The Morgan fingerprint density at radius 3 is 2.33 bits per heavy atom. The van der Waals surface area contributed by atoms with Gasteiger partial charge in [-0.05, 0) is 43.4 Å². The molecule has 4 rings (SSSR count). The lowest BCUT2D eigenvalue weighted by atomic mass is 10.1. The molecule has 0 spiro atoms. The van der Waals surface area contributed by atoms with Crippen LogP contribution in [0.3, 0.4) is 0 Å². The van der Waals surface area contributed by atoms with Crippen LogP contribution in [0.25, 0.3) is 10.8 Å². The van der Waals surface area contributed by atoms with Crippen molar-refractivity contribution in [2.24, 2.45) is 0 Å². The number of benzene rings is 3. The fourth-order valence-corrected chi connectivity index (χ4v) is 4.44. The van der Waals surface area contributed by atoms with Crippen molar-refractivity contribution in [3.8, 4) is 0 Å². The summed E-state index contributed by atoms with van der Waals surface area (Å²) < 4.78 is 0. The number of hydrogen-bond donors (Lipinski definition) is 1. The predicted molar refractivity (Wildman–Crippen MR) is 130 cm³/mol. The second-order valence-corrected chi connectivity index (χ2v) is 8.67. The molecule has 6 nitrogen and oxygen atoms in total. The molecule has 1 aliphatic heterocycles. The molecule has 1 aliphatic rings. The third kappa shape index (κ3) is 4.46. The third-order valence-corrected chi connectivity index (χ3v) is 5.96. The number of carbonyl (C=O) groups excluding carboxylic acids is 3. The van der Waals surface area contributed by atoms with Crippen molar-refractivity contribution < 1.29 is 14.4 Å². The average Bonchev–Trinajstić information content (AvgIpc) is 3.07. The van der Waals surface area contributed by atoms with E-state index in [-0.39, 0.29) is 30.3 Å². The van der Waals surface area contributed by atoms with E-state index in [2.05, 4.69) is 5.32 Å². The lowest BCUT2D eigenvalue weighted by Crippen LogP contribution is -2.53. The van der Waals surface area contributed by atoms with E-state index < -0.39 is 6.04 Å². The van der Waals surface area contributed by atoms with Crippen LogP contribution in [0, 0.1) is 0 Å². The van der Waals surface area contributed by atoms with Crippen molar-refractivity contribution >= 4 is 34.2 Å². The molecule has 33 heavy (non-hydrogen) atoms. The minimum Gasteiger partial charge on any atom is -0.352 e. The zero-order chi connectivity index (χ0) is 23.5. The van der Waals surface area contributed by atoms with Crippen LogP contribution in [0.4, 0.5) is 5.69 Å². The molecule has 0 bridgehead atoms. The quantitative estimate of drug-likeness (QED) is 0.569. The molecule has 3 aromatic carbocycles. The highest BCUT2D eigenvalue weighted by molar-refractivity contribution is 6.26. The molecule has 1 N–H and O–H groups in total. The van der Waals surface area contributed by atoms with Crippen LogP contribution in [0.5, 0.6) is 0 Å². The van der Waals surface area contributed by atoms with Gasteiger partial charge in [0.05, 0.1) is 5.69 Å². The Hall–Kier alpha value is -3.67. The van der Waals surface area contributed by atoms with Crippen LogP contribution in [-0.4, -0.2) is 41.2 Å². The van der Waals surface area contributed by atoms with Gasteiger partial charge in [0, 0.05) is 23.5 Å². The van der Waals surface area contributed by atoms with Gasteiger partial charge >= 0.3 is 0 Å². The smallest absolute Gasteiger partial charge is 0.259 e. The van der Waals surface area contributed by atoms with Gasteiger partial charge < -0.3 is 10.2 Å². The van der Waals surface area contributed by atoms with Gasteiger partial charge in [-0.1, -0.05) is 61.5 Å². The number of nitrogens with one attached hydrogen (secondary N) is 1. The molecule has 0 saturated heterocycles. The number of nitrogens with zero attached hydrogens (tertiary/aromatic N) is 2. The van der Waals surface area contributed by atoms with E-state index in [1.54, 1.807) is 11.0 Å². The second kappa shape index (κ2) is 9.45. The monoisotopic (exact) mass is 443 g/mol. The Morgan fingerprint density at radius 2 is 1.67 bits per heavy atom. The molecular weight excluding hydrogens is 414 g/mol. The first-order valence-corrected chi connectivity index (χ1v) is 11.4. The molecule has 170 valence electrons. The molecule has 0 radical (unpaired) electrons. The summed E-state index contributed by atoms with van der Waals surface area (Å²) >= 11 is 0. The maximum Gasteiger partial charge on any atom is 0.259 e. The first kappa shape index (κ1) is 22.5. The molecule has 0 saturated carbocycles. The molecule has 3 amide bonds. The number of carbonyl (C=O) groups is 3. The van der Waals surface area contributed by atoms with Gasteiger partial charge in [0.2, 0.25) is 11.8 Å². The van der Waals surface area contributed by atoms with Crippen LogP contribution in [0.2, 0.25) is 0 Å². The van der Waals surface area contributed by atoms with Gasteiger partial charge in [0.25, 0.3) is 5.91 Å². The maximum atomic E-state index is 13.7. The summed E-state index contributed by atoms with van der Waals surface area (Å²) in [6.45, 7) is 5.87. The largest absolute Gasteiger partial charge is 0.352 e. The Morgan fingerprint density at radius 1 is 0.970 bits per heavy atom. The molecule has 1 heterocycles. The SMILES string of the molecule is CC[C@@H](C(=O)NC(C)C)N(Cc1ccccc1)C(=O)CN1C(=O)c2cccc3cccc1c23. The van der Waals surface area contributed by atoms with Gasteiger partial charge in [-0.25, -0.2) is 0 Å². The van der Waals surface area contributed by atoms with Crippen molar-refractivity contribution in [3.63, 3.8) is 0 Å². The highest BCUT2D eigenvalue weighted by Gasteiger charge is 2.35. The normalized spacial score (nSPS) is 13.5. The van der Waals surface area contributed by atoms with Crippen molar-refractivity contribution in [2.75, 3.05) is 11.4 Å². The summed E-state index contributed by atoms with van der Waals surface area (Å²) in [5, 5.41) is 4.78. The number of amides is 3. The van der Waals surface area contributed by atoms with E-state index in [1.807, 2.05) is 81.4 Å². The van der Waals surface area contributed by atoms with E-state index in [0.717, 1.165) is 22.0 Å². The Labute approximate surface area is 194 Å². The predicted octanol–water partition coefficient (Wildman–Crippen LogP) is 4.13. The summed E-state index contributed by atoms with van der Waals surface area (Å²) in [6.07, 6.45) is 0.473. The van der Waals surface area contributed by atoms with E-state index >= 15 is 0 Å². The van der Waals surface area contributed by atoms with E-state index in [0.29, 0.717) is 18.5 Å². The molecule has 0 aliphatic carbocycles. The zero-order valence-electron chi connectivity index (χ0n) is 19.2. The molecule has 1 atom stereocenters. The molecule has 0 unspecified atom stereocenters. The van der Waals surface area contributed by atoms with Crippen LogP contribution in [0.15, 0.2) is 66.7 Å². The lowest BCUT2D eigenvalue weighted by Gasteiger charge is -2.32. The lowest BCUT2D eigenvalue weighted by molar-refractivity contribution is -0.140. The first-order valence-electron chi connectivity index (χ1n) is 11.4. The summed E-state index contributed by atoms with van der Waals surface area (Å²) in [5.74, 6) is -0.632. The van der Waals surface area contributed by atoms with Crippen LogP contribution in [-0.2, 0) is 16.1 Å². The number of anilines is 1. The van der Waals surface area contributed by atoms with E-state index in [1.165, 1.54) is 4.90 Å². The third-order valence-electron chi connectivity index (χ3n) is 5.96. The van der Waals surface area contributed by atoms with Gasteiger partial charge in [-0.15, -0.1) is 0 Å². The van der Waals surface area contributed by atoms with Crippen molar-refractivity contribution in [1.29, 1.82) is 0 Å². The van der Waals surface area contributed by atoms with Crippen LogP contribution >= 0.6 is 0 Å². The Bertz CT molecular complexity index is 1180. The highest BCUT2D eigenvalue weighted by atomic mass is 16.2. The standard InChI is InChI=1S/C27H29N3O3/c1-4-22(26(32)28-18(2)3)29(16-19-10-6-5-7-11-19)24(31)17-30-23-15-9-13-20-12-8-14-21(25(20)23)27(30)33/h5-15,18,22H,4,16-17H2,1-3H3,(H,28,32)/t22-/m0/s1. The van der Waals surface area contributed by atoms with Crippen molar-refractivity contribution in [2.45, 2.75) is 45.8 Å².